The van der Waals surface area contributed by atoms with E-state index >= 15 is 0 Å². The van der Waals surface area contributed by atoms with Gasteiger partial charge >= 0.3 is 6.09 Å². The monoisotopic (exact) mass is 514 g/mol. The Labute approximate surface area is 214 Å². The van der Waals surface area contributed by atoms with Gasteiger partial charge in [-0.1, -0.05) is 31.4 Å². The number of carbonyl (C=O) groups excluding carboxylic acids is 1. The first-order valence-corrected chi connectivity index (χ1v) is 12.8. The molecule has 192 valence electrons. The lowest BCUT2D eigenvalue weighted by atomic mass is 9.83. The highest BCUT2D eigenvalue weighted by Crippen LogP contribution is 2.36. The van der Waals surface area contributed by atoms with Gasteiger partial charge in [0.15, 0.2) is 6.17 Å². The third-order valence-electron chi connectivity index (χ3n) is 6.98. The molecule has 2 atom stereocenters. The summed E-state index contributed by atoms with van der Waals surface area (Å²) in [5.41, 5.74) is 6.04. The van der Waals surface area contributed by atoms with Crippen molar-refractivity contribution in [1.29, 1.82) is 0 Å². The van der Waals surface area contributed by atoms with Gasteiger partial charge in [-0.15, -0.1) is 5.48 Å². The van der Waals surface area contributed by atoms with E-state index in [1.54, 1.807) is 12.4 Å². The Kier molecular flexibility index (Phi) is 7.38. The Morgan fingerprint density at radius 3 is 2.72 bits per heavy atom. The maximum Gasteiger partial charge on any atom is 0.427 e. The summed E-state index contributed by atoms with van der Waals surface area (Å²) >= 11 is 6.31. The number of fused-ring (bicyclic) bond motifs is 1. The number of ether oxygens (including phenoxy) is 1. The highest BCUT2D eigenvalue weighted by molar-refractivity contribution is 6.30. The second kappa shape index (κ2) is 10.7. The molecule has 1 amide bonds. The molecular formula is C25H31ClN6O4. The lowest BCUT2D eigenvalue weighted by molar-refractivity contribution is 0.0109. The third kappa shape index (κ3) is 5.04. The number of halogens is 1. The molecule has 0 radical (unpaired) electrons. The van der Waals surface area contributed by atoms with Crippen LogP contribution in [0.15, 0.2) is 24.5 Å². The second-order valence-electron chi connectivity index (χ2n) is 9.57. The highest BCUT2D eigenvalue weighted by atomic mass is 35.5. The number of imidazole rings is 1. The standard InChI is InChI=1S/C25H31ClN6O4/c1-3-35-20(13-33)24-29-18-9-19(23-30-25(34)36-31-23)28-21(16-8-17(26)11-27-10-16)22(18)32(24)12-15-6-4-14(2)5-7-15/h8-11,14-15,20,23,31,33H,3-7,12-13H2,1-2H3,(H,30,34). The number of amides is 1. The average Bonchev–Trinajstić information content (AvgIpc) is 3.47. The normalized spacial score (nSPS) is 23.0. The van der Waals surface area contributed by atoms with Crippen LogP contribution in [0, 0.1) is 11.8 Å². The Morgan fingerprint density at radius 2 is 2.06 bits per heavy atom. The number of aromatic nitrogens is 4. The van der Waals surface area contributed by atoms with E-state index in [-0.39, 0.29) is 6.61 Å². The summed E-state index contributed by atoms with van der Waals surface area (Å²) in [7, 11) is 0. The first-order chi connectivity index (χ1) is 17.5. The van der Waals surface area contributed by atoms with Crippen LogP contribution in [-0.4, -0.2) is 43.9 Å². The van der Waals surface area contributed by atoms with Crippen molar-refractivity contribution in [2.24, 2.45) is 11.8 Å². The summed E-state index contributed by atoms with van der Waals surface area (Å²) < 4.78 is 8.04. The van der Waals surface area contributed by atoms with Crippen LogP contribution in [0.5, 0.6) is 0 Å². The lowest BCUT2D eigenvalue weighted by Crippen LogP contribution is -2.24. The van der Waals surface area contributed by atoms with Crippen LogP contribution < -0.4 is 10.8 Å². The first-order valence-electron chi connectivity index (χ1n) is 12.4. The fourth-order valence-corrected chi connectivity index (χ4v) is 5.29. The van der Waals surface area contributed by atoms with Crippen LogP contribution in [0.3, 0.4) is 0 Å². The van der Waals surface area contributed by atoms with Crippen LogP contribution in [-0.2, 0) is 16.1 Å². The topological polar surface area (TPSA) is 123 Å². The zero-order chi connectivity index (χ0) is 25.2. The molecule has 1 aliphatic carbocycles. The van der Waals surface area contributed by atoms with E-state index in [1.165, 1.54) is 12.8 Å². The van der Waals surface area contributed by atoms with E-state index in [0.717, 1.165) is 36.4 Å². The van der Waals surface area contributed by atoms with Gasteiger partial charge in [-0.2, -0.15) is 0 Å². The molecule has 1 saturated carbocycles. The molecule has 0 spiro atoms. The van der Waals surface area contributed by atoms with E-state index in [1.807, 2.05) is 19.1 Å². The van der Waals surface area contributed by atoms with Crippen LogP contribution in [0.2, 0.25) is 5.02 Å². The second-order valence-corrected chi connectivity index (χ2v) is 10.0. The van der Waals surface area contributed by atoms with Crippen LogP contribution in [0.4, 0.5) is 4.79 Å². The minimum Gasteiger partial charge on any atom is -0.393 e. The summed E-state index contributed by atoms with van der Waals surface area (Å²) in [4.78, 5) is 30.7. The largest absolute Gasteiger partial charge is 0.427 e. The molecule has 2 fully saturated rings. The summed E-state index contributed by atoms with van der Waals surface area (Å²) in [6.45, 7) is 5.20. The fraction of sp³-hybridized carbons (Fsp3) is 0.520. The lowest BCUT2D eigenvalue weighted by Gasteiger charge is -2.28. The first kappa shape index (κ1) is 24.9. The van der Waals surface area contributed by atoms with Crippen molar-refractivity contribution in [3.63, 3.8) is 0 Å². The van der Waals surface area contributed by atoms with E-state index in [0.29, 0.717) is 40.3 Å². The van der Waals surface area contributed by atoms with E-state index < -0.39 is 18.4 Å². The third-order valence-corrected chi connectivity index (χ3v) is 7.18. The zero-order valence-corrected chi connectivity index (χ0v) is 21.2. The van der Waals surface area contributed by atoms with E-state index in [9.17, 15) is 9.90 Å². The van der Waals surface area contributed by atoms with Gasteiger partial charge < -0.3 is 19.2 Å². The molecule has 0 bridgehead atoms. The number of hydrogen-bond acceptors (Lipinski definition) is 8. The van der Waals surface area contributed by atoms with Crippen molar-refractivity contribution < 1.29 is 19.5 Å². The Bertz CT molecular complexity index is 1240. The molecule has 3 aromatic rings. The number of rotatable bonds is 8. The highest BCUT2D eigenvalue weighted by Gasteiger charge is 2.30. The molecule has 4 heterocycles. The summed E-state index contributed by atoms with van der Waals surface area (Å²) in [6.07, 6.45) is 6.14. The maximum absolute atomic E-state index is 11.7. The Morgan fingerprint density at radius 1 is 1.25 bits per heavy atom. The minimum absolute atomic E-state index is 0.193. The molecular weight excluding hydrogens is 484 g/mol. The molecule has 5 rings (SSSR count). The number of pyridine rings is 2. The van der Waals surface area contributed by atoms with Gasteiger partial charge in [0, 0.05) is 31.1 Å². The average molecular weight is 515 g/mol. The van der Waals surface area contributed by atoms with Crippen molar-refractivity contribution >= 4 is 28.7 Å². The van der Waals surface area contributed by atoms with Gasteiger partial charge in [0.05, 0.1) is 34.1 Å². The van der Waals surface area contributed by atoms with Crippen molar-refractivity contribution in [1.82, 2.24) is 30.3 Å². The smallest absolute Gasteiger partial charge is 0.393 e. The Balaban J connectivity index is 1.70. The molecule has 1 aliphatic heterocycles. The number of aliphatic hydroxyl groups excluding tert-OH is 1. The van der Waals surface area contributed by atoms with Gasteiger partial charge in [0.1, 0.15) is 11.9 Å². The van der Waals surface area contributed by atoms with Crippen LogP contribution >= 0.6 is 11.6 Å². The zero-order valence-electron chi connectivity index (χ0n) is 20.4. The molecule has 11 heteroatoms. The van der Waals surface area contributed by atoms with Crippen molar-refractivity contribution in [2.45, 2.75) is 58.3 Å². The predicted molar refractivity (Wildman–Crippen MR) is 134 cm³/mol. The summed E-state index contributed by atoms with van der Waals surface area (Å²) in [5.74, 6) is 1.87. The molecule has 0 aromatic carbocycles. The number of nitrogens with one attached hydrogen (secondary N) is 2. The fourth-order valence-electron chi connectivity index (χ4n) is 5.12. The number of hydroxylamine groups is 1. The predicted octanol–water partition coefficient (Wildman–Crippen LogP) is 4.29. The molecule has 2 aliphatic rings. The van der Waals surface area contributed by atoms with Crippen molar-refractivity contribution in [3.8, 4) is 11.3 Å². The van der Waals surface area contributed by atoms with E-state index in [2.05, 4.69) is 27.3 Å². The van der Waals surface area contributed by atoms with E-state index in [4.69, 9.17) is 31.1 Å². The molecule has 3 N–H and O–H groups in total. The van der Waals surface area contributed by atoms with Gasteiger partial charge in [-0.05, 0) is 43.7 Å². The SMILES string of the molecule is CCOC(CO)c1nc2cc(C3NOC(=O)N3)nc(-c3cncc(Cl)c3)c2n1CC1CCC(C)CC1. The summed E-state index contributed by atoms with van der Waals surface area (Å²) in [6, 6.07) is 3.63. The Hall–Kier alpha value is -2.79. The molecule has 2 unspecified atom stereocenters. The number of hydrogen-bond donors (Lipinski definition) is 3. The quantitative estimate of drug-likeness (QED) is 0.407. The molecule has 1 saturated heterocycles. The number of nitrogens with zero attached hydrogens (tertiary/aromatic N) is 4. The van der Waals surface area contributed by atoms with Gasteiger partial charge in [0.25, 0.3) is 0 Å². The van der Waals surface area contributed by atoms with Crippen molar-refractivity contribution in [2.75, 3.05) is 13.2 Å². The van der Waals surface area contributed by atoms with Gasteiger partial charge in [-0.25, -0.2) is 14.8 Å². The van der Waals surface area contributed by atoms with Gasteiger partial charge in [-0.3, -0.25) is 10.3 Å². The molecule has 3 aromatic heterocycles. The van der Waals surface area contributed by atoms with Gasteiger partial charge in [0.2, 0.25) is 0 Å². The van der Waals surface area contributed by atoms with Crippen LogP contribution in [0.1, 0.15) is 63.3 Å². The molecule has 10 nitrogen and oxygen atoms in total. The number of aliphatic hydroxyl groups is 1. The maximum atomic E-state index is 11.7. The number of carbonyl (C=O) groups is 1. The summed E-state index contributed by atoms with van der Waals surface area (Å²) in [5, 5.41) is 13.4. The van der Waals surface area contributed by atoms with Crippen molar-refractivity contribution in [3.05, 3.63) is 41.1 Å². The molecule has 36 heavy (non-hydrogen) atoms. The minimum atomic E-state index is -0.637. The van der Waals surface area contributed by atoms with Crippen LogP contribution in [0.25, 0.3) is 22.3 Å².